The van der Waals surface area contributed by atoms with Crippen molar-refractivity contribution < 1.29 is 0 Å². The Bertz CT molecular complexity index is 940. The minimum Gasteiger partial charge on any atom is -0.296 e. The summed E-state index contributed by atoms with van der Waals surface area (Å²) in [6.45, 7) is 1.63. The molecule has 2 aromatic carbocycles. The van der Waals surface area contributed by atoms with Gasteiger partial charge in [-0.15, -0.1) is 0 Å². The largest absolute Gasteiger partial charge is 0.296 e. The maximum atomic E-state index is 4.26. The van der Waals surface area contributed by atoms with Gasteiger partial charge in [-0.25, -0.2) is 0 Å². The number of H-pyrrole nitrogens is 2. The van der Waals surface area contributed by atoms with E-state index in [9.17, 15) is 0 Å². The maximum absolute atomic E-state index is 4.26. The van der Waals surface area contributed by atoms with Crippen LogP contribution in [0.5, 0.6) is 0 Å². The lowest BCUT2D eigenvalue weighted by Gasteiger charge is -2.15. The summed E-state index contributed by atoms with van der Waals surface area (Å²) in [4.78, 5) is 2.24. The molecular formula is C21H21N5. The van der Waals surface area contributed by atoms with Crippen LogP contribution in [-0.4, -0.2) is 32.3 Å². The number of benzene rings is 2. The highest BCUT2D eigenvalue weighted by atomic mass is 15.2. The molecule has 0 spiro atoms. The molecule has 0 aliphatic carbocycles. The van der Waals surface area contributed by atoms with Gasteiger partial charge in [-0.1, -0.05) is 54.6 Å². The van der Waals surface area contributed by atoms with Crippen LogP contribution in [0.15, 0.2) is 73.1 Å². The SMILES string of the molecule is CN(Cc1ccn[nH]1)Cc1cn[nH]c1-c1ccc(-c2ccccc2)cc1. The van der Waals surface area contributed by atoms with E-state index in [1.54, 1.807) is 6.20 Å². The van der Waals surface area contributed by atoms with Crippen LogP contribution in [0.4, 0.5) is 0 Å². The highest BCUT2D eigenvalue weighted by Gasteiger charge is 2.11. The zero-order valence-corrected chi connectivity index (χ0v) is 14.7. The number of hydrogen-bond donors (Lipinski definition) is 2. The van der Waals surface area contributed by atoms with Crippen molar-refractivity contribution in [2.24, 2.45) is 0 Å². The highest BCUT2D eigenvalue weighted by molar-refractivity contribution is 5.69. The van der Waals surface area contributed by atoms with Gasteiger partial charge < -0.3 is 0 Å². The van der Waals surface area contributed by atoms with Gasteiger partial charge in [0.2, 0.25) is 0 Å². The zero-order valence-electron chi connectivity index (χ0n) is 14.7. The predicted octanol–water partition coefficient (Wildman–Crippen LogP) is 4.10. The molecule has 5 heteroatoms. The third-order valence-electron chi connectivity index (χ3n) is 4.44. The third kappa shape index (κ3) is 3.58. The van der Waals surface area contributed by atoms with Crippen LogP contribution in [0.2, 0.25) is 0 Å². The first kappa shape index (κ1) is 16.3. The summed E-state index contributed by atoms with van der Waals surface area (Å²) in [7, 11) is 2.09. The smallest absolute Gasteiger partial charge is 0.0695 e. The summed E-state index contributed by atoms with van der Waals surface area (Å²) in [5.41, 5.74) is 6.94. The Morgan fingerprint density at radius 2 is 1.50 bits per heavy atom. The summed E-state index contributed by atoms with van der Waals surface area (Å²) in [5.74, 6) is 0. The van der Waals surface area contributed by atoms with Gasteiger partial charge in [-0.05, 0) is 29.8 Å². The Morgan fingerprint density at radius 3 is 2.23 bits per heavy atom. The summed E-state index contributed by atoms with van der Waals surface area (Å²) in [6, 6.07) is 21.0. The third-order valence-corrected chi connectivity index (χ3v) is 4.44. The molecule has 4 rings (SSSR count). The van der Waals surface area contributed by atoms with E-state index in [4.69, 9.17) is 0 Å². The molecule has 0 saturated heterocycles. The van der Waals surface area contributed by atoms with Crippen molar-refractivity contribution >= 4 is 0 Å². The first-order valence-electron chi connectivity index (χ1n) is 8.64. The van der Waals surface area contributed by atoms with E-state index in [0.29, 0.717) is 0 Å². The standard InChI is InChI=1S/C21H21N5/c1-26(15-20-11-12-22-24-20)14-19-13-23-25-21(19)18-9-7-17(8-10-18)16-5-3-2-4-6-16/h2-13H,14-15H2,1H3,(H,22,24)(H,23,25). The second kappa shape index (κ2) is 7.37. The molecule has 4 aromatic rings. The van der Waals surface area contributed by atoms with Gasteiger partial charge in [0.1, 0.15) is 0 Å². The van der Waals surface area contributed by atoms with E-state index >= 15 is 0 Å². The Kier molecular flexibility index (Phi) is 4.62. The summed E-state index contributed by atoms with van der Waals surface area (Å²) >= 11 is 0. The van der Waals surface area contributed by atoms with Crippen LogP contribution in [0.25, 0.3) is 22.4 Å². The quantitative estimate of drug-likeness (QED) is 0.554. The second-order valence-corrected chi connectivity index (χ2v) is 6.47. The maximum Gasteiger partial charge on any atom is 0.0695 e. The molecule has 5 nitrogen and oxygen atoms in total. The number of aromatic amines is 2. The van der Waals surface area contributed by atoms with Crippen molar-refractivity contribution in [2.45, 2.75) is 13.1 Å². The molecule has 0 radical (unpaired) electrons. The Labute approximate surface area is 152 Å². The van der Waals surface area contributed by atoms with Crippen LogP contribution < -0.4 is 0 Å². The Hall–Kier alpha value is -3.18. The first-order chi connectivity index (χ1) is 12.8. The molecular weight excluding hydrogens is 322 g/mol. The van der Waals surface area contributed by atoms with Gasteiger partial charge in [0.05, 0.1) is 11.9 Å². The van der Waals surface area contributed by atoms with Crippen molar-refractivity contribution in [1.29, 1.82) is 0 Å². The lowest BCUT2D eigenvalue weighted by Crippen LogP contribution is -2.17. The number of nitrogens with one attached hydrogen (secondary N) is 2. The minimum absolute atomic E-state index is 0.811. The van der Waals surface area contributed by atoms with E-state index in [2.05, 4.69) is 80.9 Å². The van der Waals surface area contributed by atoms with Gasteiger partial charge in [0, 0.05) is 30.5 Å². The Morgan fingerprint density at radius 1 is 0.769 bits per heavy atom. The lowest BCUT2D eigenvalue weighted by molar-refractivity contribution is 0.315. The number of aromatic nitrogens is 4. The molecule has 0 atom stereocenters. The van der Waals surface area contributed by atoms with Gasteiger partial charge in [0.25, 0.3) is 0 Å². The van der Waals surface area contributed by atoms with E-state index < -0.39 is 0 Å². The van der Waals surface area contributed by atoms with Crippen LogP contribution in [0.3, 0.4) is 0 Å². The van der Waals surface area contributed by atoms with Gasteiger partial charge in [-0.3, -0.25) is 15.1 Å². The van der Waals surface area contributed by atoms with Crippen molar-refractivity contribution in [3.05, 3.63) is 84.3 Å². The van der Waals surface area contributed by atoms with E-state index in [0.717, 1.165) is 30.0 Å². The molecule has 0 bridgehead atoms. The molecule has 2 aromatic heterocycles. The average molecular weight is 343 g/mol. The summed E-state index contributed by atoms with van der Waals surface area (Å²) < 4.78 is 0. The van der Waals surface area contributed by atoms with Crippen molar-refractivity contribution in [2.75, 3.05) is 7.05 Å². The number of rotatable bonds is 6. The Balaban J connectivity index is 1.51. The number of hydrogen-bond acceptors (Lipinski definition) is 3. The van der Waals surface area contributed by atoms with Crippen molar-refractivity contribution in [3.63, 3.8) is 0 Å². The fourth-order valence-corrected chi connectivity index (χ4v) is 3.15. The molecule has 0 aliphatic rings. The fraction of sp³-hybridized carbons (Fsp3) is 0.143. The normalized spacial score (nSPS) is 11.2. The van der Waals surface area contributed by atoms with Crippen molar-refractivity contribution in [3.8, 4) is 22.4 Å². The van der Waals surface area contributed by atoms with Crippen LogP contribution in [0, 0.1) is 0 Å². The molecule has 0 aliphatic heterocycles. The fourth-order valence-electron chi connectivity index (χ4n) is 3.15. The number of nitrogens with zero attached hydrogens (tertiary/aromatic N) is 3. The van der Waals surface area contributed by atoms with Crippen molar-refractivity contribution in [1.82, 2.24) is 25.3 Å². The first-order valence-corrected chi connectivity index (χ1v) is 8.64. The van der Waals surface area contributed by atoms with Crippen LogP contribution in [-0.2, 0) is 13.1 Å². The average Bonchev–Trinajstić information content (AvgIpc) is 3.35. The van der Waals surface area contributed by atoms with E-state index in [-0.39, 0.29) is 0 Å². The van der Waals surface area contributed by atoms with E-state index in [1.165, 1.54) is 16.7 Å². The van der Waals surface area contributed by atoms with E-state index in [1.807, 2.05) is 18.3 Å². The highest BCUT2D eigenvalue weighted by Crippen LogP contribution is 2.26. The van der Waals surface area contributed by atoms with Gasteiger partial charge >= 0.3 is 0 Å². The van der Waals surface area contributed by atoms with Crippen LogP contribution in [0.1, 0.15) is 11.3 Å². The van der Waals surface area contributed by atoms with Gasteiger partial charge in [-0.2, -0.15) is 10.2 Å². The monoisotopic (exact) mass is 343 g/mol. The molecule has 26 heavy (non-hydrogen) atoms. The zero-order chi connectivity index (χ0) is 17.8. The molecule has 2 N–H and O–H groups in total. The topological polar surface area (TPSA) is 60.6 Å². The minimum atomic E-state index is 0.811. The summed E-state index contributed by atoms with van der Waals surface area (Å²) in [5, 5.41) is 14.4. The molecule has 2 heterocycles. The summed E-state index contributed by atoms with van der Waals surface area (Å²) in [6.07, 6.45) is 3.69. The van der Waals surface area contributed by atoms with Gasteiger partial charge in [0.15, 0.2) is 0 Å². The molecule has 0 amide bonds. The predicted molar refractivity (Wildman–Crippen MR) is 103 cm³/mol. The molecule has 0 saturated carbocycles. The second-order valence-electron chi connectivity index (χ2n) is 6.47. The van der Waals surface area contributed by atoms with Crippen LogP contribution >= 0.6 is 0 Å². The molecule has 0 fully saturated rings. The lowest BCUT2D eigenvalue weighted by atomic mass is 10.0. The molecule has 0 unspecified atom stereocenters. The molecule has 130 valence electrons.